The predicted octanol–water partition coefficient (Wildman–Crippen LogP) is 0.393. The average molecular weight is 271 g/mol. The van der Waals surface area contributed by atoms with E-state index in [-0.39, 0.29) is 12.6 Å². The minimum absolute atomic E-state index is 0.0835. The van der Waals surface area contributed by atoms with Crippen molar-refractivity contribution in [3.05, 3.63) is 0 Å². The van der Waals surface area contributed by atoms with E-state index in [0.717, 1.165) is 25.8 Å². The third-order valence-electron chi connectivity index (χ3n) is 4.49. The summed E-state index contributed by atoms with van der Waals surface area (Å²) in [5.41, 5.74) is 0. The lowest BCUT2D eigenvalue weighted by molar-refractivity contribution is -0.144. The van der Waals surface area contributed by atoms with Gasteiger partial charge in [0.15, 0.2) is 0 Å². The van der Waals surface area contributed by atoms with E-state index in [1.54, 1.807) is 0 Å². The maximum Gasteiger partial charge on any atom is 0.306 e. The first-order chi connectivity index (χ1) is 9.13. The largest absolute Gasteiger partial charge is 0.466 e. The van der Waals surface area contributed by atoms with E-state index in [4.69, 9.17) is 9.84 Å². The van der Waals surface area contributed by atoms with Crippen LogP contribution in [-0.4, -0.2) is 59.5 Å². The maximum atomic E-state index is 11.6. The number of carbonyl (C=O) groups is 1. The molecule has 1 saturated heterocycles. The molecule has 4 unspecified atom stereocenters. The summed E-state index contributed by atoms with van der Waals surface area (Å²) in [5.74, 6) is 0.875. The molecular formula is C14H25NO4. The van der Waals surface area contributed by atoms with Crippen molar-refractivity contribution in [3.8, 4) is 0 Å². The standard InChI is InChI=1S/C14H25NO4/c1-2-19-14(18)6-10-3-4-12-5-11(10)7-15(12)8-13(17)9-16/h10-13,16-17H,2-9H2,1H3. The Labute approximate surface area is 114 Å². The molecule has 4 atom stereocenters. The van der Waals surface area contributed by atoms with Crippen LogP contribution in [0, 0.1) is 11.8 Å². The van der Waals surface area contributed by atoms with Gasteiger partial charge >= 0.3 is 5.97 Å². The molecule has 2 aliphatic rings. The van der Waals surface area contributed by atoms with Crippen LogP contribution in [0.4, 0.5) is 0 Å². The Hall–Kier alpha value is -0.650. The summed E-state index contributed by atoms with van der Waals surface area (Å²) in [5, 5.41) is 18.5. The van der Waals surface area contributed by atoms with Gasteiger partial charge in [0, 0.05) is 25.6 Å². The van der Waals surface area contributed by atoms with Crippen molar-refractivity contribution in [2.75, 3.05) is 26.3 Å². The van der Waals surface area contributed by atoms with Crippen LogP contribution in [0.25, 0.3) is 0 Å². The number of hydrogen-bond acceptors (Lipinski definition) is 5. The SMILES string of the molecule is CCOC(=O)CC1CCC2CC1CN2CC(O)CO. The van der Waals surface area contributed by atoms with Crippen molar-refractivity contribution in [2.45, 2.75) is 44.8 Å². The van der Waals surface area contributed by atoms with Gasteiger partial charge in [-0.25, -0.2) is 0 Å². The van der Waals surface area contributed by atoms with Gasteiger partial charge in [-0.15, -0.1) is 0 Å². The quantitative estimate of drug-likeness (QED) is 0.684. The van der Waals surface area contributed by atoms with Crippen LogP contribution < -0.4 is 0 Å². The zero-order valence-electron chi connectivity index (χ0n) is 11.6. The highest BCUT2D eigenvalue weighted by Crippen LogP contribution is 2.41. The summed E-state index contributed by atoms with van der Waals surface area (Å²) >= 11 is 0. The van der Waals surface area contributed by atoms with Gasteiger partial charge in [-0.3, -0.25) is 9.69 Å². The summed E-state index contributed by atoms with van der Waals surface area (Å²) in [6.45, 7) is 3.59. The van der Waals surface area contributed by atoms with Gasteiger partial charge in [-0.1, -0.05) is 0 Å². The molecule has 0 amide bonds. The van der Waals surface area contributed by atoms with Crippen LogP contribution in [0.15, 0.2) is 0 Å². The minimum atomic E-state index is -0.650. The molecule has 0 spiro atoms. The fourth-order valence-corrected chi connectivity index (χ4v) is 3.56. The van der Waals surface area contributed by atoms with Gasteiger partial charge < -0.3 is 14.9 Å². The second kappa shape index (κ2) is 6.68. The number of aliphatic hydroxyl groups is 2. The van der Waals surface area contributed by atoms with Crippen LogP contribution in [0.3, 0.4) is 0 Å². The maximum absolute atomic E-state index is 11.6. The Balaban J connectivity index is 1.84. The molecule has 2 N–H and O–H groups in total. The lowest BCUT2D eigenvalue weighted by Crippen LogP contribution is -2.37. The first-order valence-electron chi connectivity index (χ1n) is 7.32. The highest BCUT2D eigenvalue weighted by Gasteiger charge is 2.41. The van der Waals surface area contributed by atoms with Crippen LogP contribution in [0.1, 0.15) is 32.6 Å². The topological polar surface area (TPSA) is 70.0 Å². The monoisotopic (exact) mass is 271 g/mol. The minimum Gasteiger partial charge on any atom is -0.466 e. The lowest BCUT2D eigenvalue weighted by Gasteiger charge is -2.28. The zero-order chi connectivity index (χ0) is 13.8. The number of nitrogens with zero attached hydrogens (tertiary/aromatic N) is 1. The highest BCUT2D eigenvalue weighted by molar-refractivity contribution is 5.69. The number of ether oxygens (including phenoxy) is 1. The normalized spacial score (nSPS) is 32.3. The van der Waals surface area contributed by atoms with E-state index in [2.05, 4.69) is 4.90 Å². The van der Waals surface area contributed by atoms with E-state index in [1.807, 2.05) is 6.92 Å². The number of hydrogen-bond donors (Lipinski definition) is 2. The molecule has 1 heterocycles. The molecule has 1 aliphatic carbocycles. The number of esters is 1. The number of carbonyl (C=O) groups excluding carboxylic acids is 1. The number of β-amino-alcohol motifs (C(OH)–C–C–N with tert-alkyl or cyclic N) is 1. The molecule has 2 bridgehead atoms. The highest BCUT2D eigenvalue weighted by atomic mass is 16.5. The molecule has 1 saturated carbocycles. The summed E-state index contributed by atoms with van der Waals surface area (Å²) < 4.78 is 5.03. The second-order valence-electron chi connectivity index (χ2n) is 5.79. The first kappa shape index (κ1) is 14.8. The Morgan fingerprint density at radius 3 is 2.95 bits per heavy atom. The number of fused-ring (bicyclic) bond motifs is 2. The molecule has 110 valence electrons. The van der Waals surface area contributed by atoms with E-state index in [9.17, 15) is 9.90 Å². The number of rotatable bonds is 6. The van der Waals surface area contributed by atoms with Crippen molar-refractivity contribution in [2.24, 2.45) is 11.8 Å². The Morgan fingerprint density at radius 2 is 2.26 bits per heavy atom. The predicted molar refractivity (Wildman–Crippen MR) is 70.5 cm³/mol. The Bertz CT molecular complexity index is 310. The molecule has 0 aromatic carbocycles. The van der Waals surface area contributed by atoms with Gasteiger partial charge in [-0.05, 0) is 38.0 Å². The second-order valence-corrected chi connectivity index (χ2v) is 5.79. The summed E-state index contributed by atoms with van der Waals surface area (Å²) in [4.78, 5) is 13.9. The molecule has 0 aromatic rings. The molecule has 0 aromatic heterocycles. The van der Waals surface area contributed by atoms with Gasteiger partial charge in [0.05, 0.1) is 19.3 Å². The zero-order valence-corrected chi connectivity index (χ0v) is 11.6. The van der Waals surface area contributed by atoms with Crippen molar-refractivity contribution >= 4 is 5.97 Å². The van der Waals surface area contributed by atoms with E-state index >= 15 is 0 Å². The number of aliphatic hydroxyl groups excluding tert-OH is 2. The van der Waals surface area contributed by atoms with E-state index in [1.165, 1.54) is 0 Å². The van der Waals surface area contributed by atoms with Gasteiger partial charge in [-0.2, -0.15) is 0 Å². The molecular weight excluding hydrogens is 246 g/mol. The van der Waals surface area contributed by atoms with E-state index < -0.39 is 6.10 Å². The smallest absolute Gasteiger partial charge is 0.306 e. The Morgan fingerprint density at radius 1 is 1.47 bits per heavy atom. The molecule has 19 heavy (non-hydrogen) atoms. The van der Waals surface area contributed by atoms with Crippen LogP contribution in [-0.2, 0) is 9.53 Å². The third kappa shape index (κ3) is 3.68. The van der Waals surface area contributed by atoms with Crippen LogP contribution in [0.5, 0.6) is 0 Å². The van der Waals surface area contributed by atoms with Gasteiger partial charge in [0.1, 0.15) is 0 Å². The van der Waals surface area contributed by atoms with Crippen LogP contribution >= 0.6 is 0 Å². The van der Waals surface area contributed by atoms with Crippen molar-refractivity contribution in [1.29, 1.82) is 0 Å². The summed E-state index contributed by atoms with van der Waals surface area (Å²) in [6, 6.07) is 0.518. The summed E-state index contributed by atoms with van der Waals surface area (Å²) in [7, 11) is 0. The molecule has 0 radical (unpaired) electrons. The van der Waals surface area contributed by atoms with Crippen molar-refractivity contribution in [1.82, 2.24) is 4.90 Å². The average Bonchev–Trinajstić information content (AvgIpc) is 2.71. The van der Waals surface area contributed by atoms with Crippen LogP contribution in [0.2, 0.25) is 0 Å². The molecule has 2 fully saturated rings. The Kier molecular flexibility index (Phi) is 5.19. The number of likely N-dealkylation sites (tertiary alicyclic amines) is 1. The van der Waals surface area contributed by atoms with Crippen molar-refractivity contribution < 1.29 is 19.7 Å². The summed E-state index contributed by atoms with van der Waals surface area (Å²) in [6.07, 6.45) is 3.14. The molecule has 5 heteroatoms. The molecule has 5 nitrogen and oxygen atoms in total. The van der Waals surface area contributed by atoms with Gasteiger partial charge in [0.2, 0.25) is 0 Å². The fraction of sp³-hybridized carbons (Fsp3) is 0.929. The fourth-order valence-electron chi connectivity index (χ4n) is 3.56. The van der Waals surface area contributed by atoms with E-state index in [0.29, 0.717) is 37.5 Å². The van der Waals surface area contributed by atoms with Crippen molar-refractivity contribution in [3.63, 3.8) is 0 Å². The molecule has 2 rings (SSSR count). The third-order valence-corrected chi connectivity index (χ3v) is 4.49. The first-order valence-corrected chi connectivity index (χ1v) is 7.32. The molecule has 1 aliphatic heterocycles. The van der Waals surface area contributed by atoms with Gasteiger partial charge in [0.25, 0.3) is 0 Å². The lowest BCUT2D eigenvalue weighted by atomic mass is 9.78.